The number of nitrogens with zero attached hydrogens (tertiary/aromatic N) is 1. The fourth-order valence-corrected chi connectivity index (χ4v) is 2.57. The number of carbonyl (C=O) groups excluding carboxylic acids is 2. The van der Waals surface area contributed by atoms with E-state index in [9.17, 15) is 9.59 Å². The van der Waals surface area contributed by atoms with Gasteiger partial charge in [0.1, 0.15) is 5.54 Å². The van der Waals surface area contributed by atoms with Gasteiger partial charge < -0.3 is 10.2 Å². The molecule has 4 heteroatoms. The van der Waals surface area contributed by atoms with Crippen molar-refractivity contribution >= 4 is 11.8 Å². The molecule has 2 rings (SSSR count). The van der Waals surface area contributed by atoms with Gasteiger partial charge in [0.05, 0.1) is 6.54 Å². The van der Waals surface area contributed by atoms with Gasteiger partial charge in [-0.05, 0) is 18.4 Å². The fraction of sp³-hybridized carbons (Fsp3) is 0.467. The number of hydrogen-bond donors (Lipinski definition) is 1. The summed E-state index contributed by atoms with van der Waals surface area (Å²) in [5.74, 6) is -0.0415. The Labute approximate surface area is 113 Å². The van der Waals surface area contributed by atoms with Gasteiger partial charge in [-0.2, -0.15) is 0 Å². The molecule has 2 amide bonds. The van der Waals surface area contributed by atoms with E-state index in [1.165, 1.54) is 0 Å². The summed E-state index contributed by atoms with van der Waals surface area (Å²) in [7, 11) is 0. The number of hydrogen-bond acceptors (Lipinski definition) is 2. The summed E-state index contributed by atoms with van der Waals surface area (Å²) in [6.07, 6.45) is 1.25. The zero-order valence-corrected chi connectivity index (χ0v) is 11.5. The standard InChI is InChI=1S/C15H20N2O2/c1-3-15(4-2)14(19)17(11-13(18)16-15)10-12-8-6-5-7-9-12/h5-9H,3-4,10-11H2,1-2H3,(H,16,18). The topological polar surface area (TPSA) is 49.4 Å². The lowest BCUT2D eigenvalue weighted by atomic mass is 9.88. The monoisotopic (exact) mass is 260 g/mol. The van der Waals surface area contributed by atoms with Crippen LogP contribution >= 0.6 is 0 Å². The van der Waals surface area contributed by atoms with E-state index in [0.29, 0.717) is 19.4 Å². The van der Waals surface area contributed by atoms with Crippen molar-refractivity contribution in [1.82, 2.24) is 10.2 Å². The Kier molecular flexibility index (Phi) is 3.88. The molecule has 19 heavy (non-hydrogen) atoms. The second kappa shape index (κ2) is 5.43. The Morgan fingerprint density at radius 2 is 1.79 bits per heavy atom. The summed E-state index contributed by atoms with van der Waals surface area (Å²) in [4.78, 5) is 26.1. The molecule has 1 aromatic carbocycles. The normalized spacial score (nSPS) is 18.3. The lowest BCUT2D eigenvalue weighted by Gasteiger charge is -2.41. The van der Waals surface area contributed by atoms with E-state index in [0.717, 1.165) is 5.56 Å². The Bertz CT molecular complexity index is 466. The van der Waals surface area contributed by atoms with E-state index in [4.69, 9.17) is 0 Å². The molecular formula is C15H20N2O2. The highest BCUT2D eigenvalue weighted by molar-refractivity contribution is 5.97. The number of nitrogens with one attached hydrogen (secondary N) is 1. The summed E-state index contributed by atoms with van der Waals surface area (Å²) in [5, 5.41) is 2.86. The minimum Gasteiger partial charge on any atom is -0.340 e. The maximum Gasteiger partial charge on any atom is 0.249 e. The van der Waals surface area contributed by atoms with Gasteiger partial charge in [-0.25, -0.2) is 0 Å². The molecule has 0 bridgehead atoms. The first kappa shape index (κ1) is 13.6. The molecule has 102 valence electrons. The Morgan fingerprint density at radius 1 is 1.16 bits per heavy atom. The van der Waals surface area contributed by atoms with Gasteiger partial charge >= 0.3 is 0 Å². The van der Waals surface area contributed by atoms with Crippen molar-refractivity contribution in [2.75, 3.05) is 6.54 Å². The minimum absolute atomic E-state index is 0.0287. The second-order valence-electron chi connectivity index (χ2n) is 4.98. The number of rotatable bonds is 4. The van der Waals surface area contributed by atoms with Crippen molar-refractivity contribution in [3.63, 3.8) is 0 Å². The van der Waals surface area contributed by atoms with Crippen molar-refractivity contribution in [2.24, 2.45) is 0 Å². The summed E-state index contributed by atoms with van der Waals surface area (Å²) >= 11 is 0. The first-order valence-corrected chi connectivity index (χ1v) is 6.75. The van der Waals surface area contributed by atoms with Crippen LogP contribution in [0.1, 0.15) is 32.3 Å². The summed E-state index contributed by atoms with van der Waals surface area (Å²) in [6, 6.07) is 9.77. The summed E-state index contributed by atoms with van der Waals surface area (Å²) in [6.45, 7) is 4.52. The number of benzene rings is 1. The van der Waals surface area contributed by atoms with Crippen LogP contribution in [-0.4, -0.2) is 28.8 Å². The molecule has 0 aliphatic carbocycles. The third-order valence-electron chi connectivity index (χ3n) is 3.83. The molecule has 1 aliphatic heterocycles. The highest BCUT2D eigenvalue weighted by Gasteiger charge is 2.43. The van der Waals surface area contributed by atoms with Crippen LogP contribution in [0.15, 0.2) is 30.3 Å². The lowest BCUT2D eigenvalue weighted by Crippen LogP contribution is -2.65. The Balaban J connectivity index is 2.21. The van der Waals surface area contributed by atoms with Crippen molar-refractivity contribution < 1.29 is 9.59 Å². The molecule has 0 saturated carbocycles. The van der Waals surface area contributed by atoms with E-state index >= 15 is 0 Å². The van der Waals surface area contributed by atoms with E-state index < -0.39 is 5.54 Å². The van der Waals surface area contributed by atoms with Crippen molar-refractivity contribution in [2.45, 2.75) is 38.8 Å². The molecule has 0 atom stereocenters. The van der Waals surface area contributed by atoms with Crippen LogP contribution < -0.4 is 5.32 Å². The Morgan fingerprint density at radius 3 is 2.37 bits per heavy atom. The molecule has 1 saturated heterocycles. The van der Waals surface area contributed by atoms with Gasteiger partial charge in [-0.3, -0.25) is 9.59 Å². The molecule has 0 spiro atoms. The minimum atomic E-state index is -0.718. The van der Waals surface area contributed by atoms with Crippen molar-refractivity contribution in [3.8, 4) is 0 Å². The molecule has 1 N–H and O–H groups in total. The van der Waals surface area contributed by atoms with Crippen molar-refractivity contribution in [3.05, 3.63) is 35.9 Å². The van der Waals surface area contributed by atoms with Gasteiger partial charge in [0.2, 0.25) is 11.8 Å². The molecule has 4 nitrogen and oxygen atoms in total. The quantitative estimate of drug-likeness (QED) is 0.896. The average molecular weight is 260 g/mol. The maximum absolute atomic E-state index is 12.6. The van der Waals surface area contributed by atoms with E-state index in [2.05, 4.69) is 5.32 Å². The number of carbonyl (C=O) groups is 2. The fourth-order valence-electron chi connectivity index (χ4n) is 2.57. The lowest BCUT2D eigenvalue weighted by molar-refractivity contribution is -0.151. The van der Waals surface area contributed by atoms with Crippen LogP contribution in [-0.2, 0) is 16.1 Å². The van der Waals surface area contributed by atoms with Gasteiger partial charge in [-0.1, -0.05) is 44.2 Å². The van der Waals surface area contributed by atoms with Crippen LogP contribution in [0.3, 0.4) is 0 Å². The van der Waals surface area contributed by atoms with E-state index in [-0.39, 0.29) is 18.4 Å². The average Bonchev–Trinajstić information content (AvgIpc) is 2.44. The van der Waals surface area contributed by atoms with Gasteiger partial charge in [-0.15, -0.1) is 0 Å². The Hall–Kier alpha value is -1.84. The smallest absolute Gasteiger partial charge is 0.249 e. The zero-order chi connectivity index (χ0) is 13.9. The third-order valence-corrected chi connectivity index (χ3v) is 3.83. The van der Waals surface area contributed by atoms with Crippen LogP contribution in [0.5, 0.6) is 0 Å². The molecule has 0 unspecified atom stereocenters. The second-order valence-corrected chi connectivity index (χ2v) is 4.98. The molecular weight excluding hydrogens is 240 g/mol. The van der Waals surface area contributed by atoms with E-state index in [1.54, 1.807) is 4.90 Å². The molecule has 1 aromatic rings. The van der Waals surface area contributed by atoms with Crippen LogP contribution in [0.4, 0.5) is 0 Å². The summed E-state index contributed by atoms with van der Waals surface area (Å²) in [5.41, 5.74) is 0.330. The van der Waals surface area contributed by atoms with Gasteiger partial charge in [0.25, 0.3) is 0 Å². The zero-order valence-electron chi connectivity index (χ0n) is 11.5. The molecule has 1 heterocycles. The summed E-state index contributed by atoms with van der Waals surface area (Å²) < 4.78 is 0. The largest absolute Gasteiger partial charge is 0.340 e. The van der Waals surface area contributed by atoms with Gasteiger partial charge in [0.15, 0.2) is 0 Å². The van der Waals surface area contributed by atoms with Crippen LogP contribution in [0.2, 0.25) is 0 Å². The molecule has 1 fully saturated rings. The van der Waals surface area contributed by atoms with E-state index in [1.807, 2.05) is 44.2 Å². The third kappa shape index (κ3) is 2.62. The van der Waals surface area contributed by atoms with Crippen molar-refractivity contribution in [1.29, 1.82) is 0 Å². The number of piperazine rings is 1. The first-order chi connectivity index (χ1) is 9.11. The maximum atomic E-state index is 12.6. The predicted octanol–water partition coefficient (Wildman–Crippen LogP) is 1.70. The first-order valence-electron chi connectivity index (χ1n) is 6.75. The highest BCUT2D eigenvalue weighted by Crippen LogP contribution is 2.23. The predicted molar refractivity (Wildman–Crippen MR) is 73.3 cm³/mol. The molecule has 1 aliphatic rings. The van der Waals surface area contributed by atoms with Crippen LogP contribution in [0.25, 0.3) is 0 Å². The van der Waals surface area contributed by atoms with Crippen LogP contribution in [0, 0.1) is 0 Å². The SMILES string of the molecule is CCC1(CC)NC(=O)CN(Cc2ccccc2)C1=O. The van der Waals surface area contributed by atoms with Gasteiger partial charge in [0, 0.05) is 6.54 Å². The molecule has 0 aromatic heterocycles. The number of amides is 2. The molecule has 0 radical (unpaired) electrons. The highest BCUT2D eigenvalue weighted by atomic mass is 16.2.